The van der Waals surface area contributed by atoms with E-state index in [4.69, 9.17) is 18.5 Å². The maximum atomic E-state index is 12.6. The summed E-state index contributed by atoms with van der Waals surface area (Å²) in [4.78, 5) is 35.2. The molecule has 0 aliphatic heterocycles. The van der Waals surface area contributed by atoms with E-state index in [-0.39, 0.29) is 25.6 Å². The van der Waals surface area contributed by atoms with Crippen molar-refractivity contribution in [1.29, 1.82) is 0 Å². The van der Waals surface area contributed by atoms with E-state index in [9.17, 15) is 19.0 Å². The standard InChI is InChI=1S/C40H78NO8P/c1-6-8-10-12-14-16-18-20-22-24-26-28-30-32-39(42)46-36-38(37-48-50(44,45)47-35-34-41(3,4)5)49-40(43)33-31-29-27-25-23-21-19-17-15-13-11-9-7-2/h17,19,38H,6-16,18,20-37H2,1-5H3/p+1/b19-17-. The summed E-state index contributed by atoms with van der Waals surface area (Å²) in [7, 11) is 1.48. The molecule has 0 aromatic heterocycles. The molecule has 2 atom stereocenters. The lowest BCUT2D eigenvalue weighted by molar-refractivity contribution is -0.870. The number of carbonyl (C=O) groups is 2. The van der Waals surface area contributed by atoms with Gasteiger partial charge in [0, 0.05) is 12.8 Å². The normalized spacial score (nSPS) is 13.8. The highest BCUT2D eigenvalue weighted by atomic mass is 31.2. The molecule has 296 valence electrons. The van der Waals surface area contributed by atoms with Crippen molar-refractivity contribution >= 4 is 19.8 Å². The van der Waals surface area contributed by atoms with Gasteiger partial charge in [0.2, 0.25) is 0 Å². The van der Waals surface area contributed by atoms with Crippen LogP contribution in [-0.2, 0) is 32.7 Å². The van der Waals surface area contributed by atoms with Gasteiger partial charge in [-0.1, -0.05) is 142 Å². The third-order valence-electron chi connectivity index (χ3n) is 8.80. The van der Waals surface area contributed by atoms with Crippen LogP contribution in [0.2, 0.25) is 0 Å². The van der Waals surface area contributed by atoms with Crippen LogP contribution < -0.4 is 0 Å². The maximum Gasteiger partial charge on any atom is 0.472 e. The van der Waals surface area contributed by atoms with Crippen LogP contribution in [-0.4, -0.2) is 74.9 Å². The molecule has 0 saturated carbocycles. The Bertz CT molecular complexity index is 876. The fourth-order valence-electron chi connectivity index (χ4n) is 5.54. The zero-order valence-corrected chi connectivity index (χ0v) is 34.0. The van der Waals surface area contributed by atoms with Crippen LogP contribution in [0.4, 0.5) is 0 Å². The fourth-order valence-corrected chi connectivity index (χ4v) is 6.28. The number of unbranched alkanes of at least 4 members (excludes halogenated alkanes) is 21. The number of esters is 2. The highest BCUT2D eigenvalue weighted by Crippen LogP contribution is 2.43. The zero-order valence-electron chi connectivity index (χ0n) is 33.1. The molecule has 0 rings (SSSR count). The summed E-state index contributed by atoms with van der Waals surface area (Å²) in [6.07, 6.45) is 32.5. The Labute approximate surface area is 307 Å². The van der Waals surface area contributed by atoms with Crippen LogP contribution in [0.5, 0.6) is 0 Å². The second-order valence-electron chi connectivity index (χ2n) is 15.0. The van der Waals surface area contributed by atoms with E-state index >= 15 is 0 Å². The number of quaternary nitrogens is 1. The zero-order chi connectivity index (χ0) is 37.2. The molecule has 0 aromatic rings. The van der Waals surface area contributed by atoms with Gasteiger partial charge in [-0.2, -0.15) is 0 Å². The molecule has 9 nitrogen and oxygen atoms in total. The number of phosphoric acid groups is 1. The maximum absolute atomic E-state index is 12.6. The average Bonchev–Trinajstić information content (AvgIpc) is 3.06. The number of likely N-dealkylation sites (N-methyl/N-ethyl adjacent to an activating group) is 1. The second kappa shape index (κ2) is 33.6. The van der Waals surface area contributed by atoms with E-state index in [0.29, 0.717) is 23.9 Å². The lowest BCUT2D eigenvalue weighted by Gasteiger charge is -2.24. The lowest BCUT2D eigenvalue weighted by Crippen LogP contribution is -2.37. The van der Waals surface area contributed by atoms with Crippen molar-refractivity contribution in [3.05, 3.63) is 12.2 Å². The summed E-state index contributed by atoms with van der Waals surface area (Å²) in [5.41, 5.74) is 0. The van der Waals surface area contributed by atoms with E-state index < -0.39 is 26.5 Å². The monoisotopic (exact) mass is 733 g/mol. The fraction of sp³-hybridized carbons (Fsp3) is 0.900. The first-order chi connectivity index (χ1) is 24.0. The van der Waals surface area contributed by atoms with Gasteiger partial charge in [0.05, 0.1) is 27.7 Å². The Morgan fingerprint density at radius 2 is 1.02 bits per heavy atom. The van der Waals surface area contributed by atoms with E-state index in [1.165, 1.54) is 96.3 Å². The molecule has 0 fully saturated rings. The first kappa shape index (κ1) is 48.8. The quantitative estimate of drug-likeness (QED) is 0.0221. The van der Waals surface area contributed by atoms with E-state index in [2.05, 4.69) is 26.0 Å². The molecule has 0 aromatic carbocycles. The molecule has 0 spiro atoms. The Morgan fingerprint density at radius 3 is 1.50 bits per heavy atom. The van der Waals surface area contributed by atoms with Crippen LogP contribution in [0.25, 0.3) is 0 Å². The van der Waals surface area contributed by atoms with Crippen molar-refractivity contribution in [3.8, 4) is 0 Å². The topological polar surface area (TPSA) is 108 Å². The van der Waals surface area contributed by atoms with Gasteiger partial charge >= 0.3 is 19.8 Å². The minimum atomic E-state index is -4.36. The first-order valence-corrected chi connectivity index (χ1v) is 21.9. The first-order valence-electron chi connectivity index (χ1n) is 20.4. The number of carbonyl (C=O) groups excluding carboxylic acids is 2. The van der Waals surface area contributed by atoms with Crippen LogP contribution in [0.1, 0.15) is 181 Å². The van der Waals surface area contributed by atoms with Crippen molar-refractivity contribution < 1.29 is 42.1 Å². The molecule has 0 heterocycles. The van der Waals surface area contributed by atoms with Gasteiger partial charge in [-0.25, -0.2) is 4.57 Å². The Kier molecular flexibility index (Phi) is 32.7. The number of hydrogen-bond acceptors (Lipinski definition) is 7. The minimum Gasteiger partial charge on any atom is -0.462 e. The number of nitrogens with zero attached hydrogens (tertiary/aromatic N) is 1. The molecule has 1 N–H and O–H groups in total. The summed E-state index contributed by atoms with van der Waals surface area (Å²) in [6.45, 7) is 4.40. The predicted molar refractivity (Wildman–Crippen MR) is 206 cm³/mol. The van der Waals surface area contributed by atoms with Gasteiger partial charge in [0.15, 0.2) is 6.10 Å². The highest BCUT2D eigenvalue weighted by Gasteiger charge is 2.27. The molecule has 10 heteroatoms. The Morgan fingerprint density at radius 1 is 0.600 bits per heavy atom. The number of allylic oxidation sites excluding steroid dienone is 2. The third kappa shape index (κ3) is 36.5. The molecule has 0 radical (unpaired) electrons. The van der Waals surface area contributed by atoms with Gasteiger partial charge < -0.3 is 18.9 Å². The summed E-state index contributed by atoms with van der Waals surface area (Å²) < 4.78 is 34.2. The molecular formula is C40H79NO8P+. The highest BCUT2D eigenvalue weighted by molar-refractivity contribution is 7.47. The van der Waals surface area contributed by atoms with E-state index in [0.717, 1.165) is 51.4 Å². The van der Waals surface area contributed by atoms with Gasteiger partial charge in [-0.3, -0.25) is 18.6 Å². The SMILES string of the molecule is CCCCCC/C=C\CCCCCCCC(=O)OC(COC(=O)CCCCCCCCCCCCCCC)COP(=O)(O)OCC[N+](C)(C)C. The third-order valence-corrected chi connectivity index (χ3v) is 9.78. The van der Waals surface area contributed by atoms with Gasteiger partial charge in [-0.05, 0) is 38.5 Å². The van der Waals surface area contributed by atoms with Gasteiger partial charge in [0.1, 0.15) is 19.8 Å². The van der Waals surface area contributed by atoms with Crippen molar-refractivity contribution in [2.45, 2.75) is 187 Å². The summed E-state index contributed by atoms with van der Waals surface area (Å²) in [6, 6.07) is 0. The lowest BCUT2D eigenvalue weighted by atomic mass is 10.0. The number of rotatable bonds is 37. The Hall–Kier alpha value is -1.25. The second-order valence-corrected chi connectivity index (χ2v) is 16.5. The summed E-state index contributed by atoms with van der Waals surface area (Å²) in [5, 5.41) is 0. The van der Waals surface area contributed by atoms with E-state index in [1.807, 2.05) is 21.1 Å². The molecule has 0 aliphatic rings. The molecule has 50 heavy (non-hydrogen) atoms. The van der Waals surface area contributed by atoms with Gasteiger partial charge in [-0.15, -0.1) is 0 Å². The average molecular weight is 733 g/mol. The largest absolute Gasteiger partial charge is 0.472 e. The van der Waals surface area contributed by atoms with Crippen molar-refractivity contribution in [2.75, 3.05) is 47.5 Å². The minimum absolute atomic E-state index is 0.0329. The summed E-state index contributed by atoms with van der Waals surface area (Å²) >= 11 is 0. The molecule has 0 amide bonds. The van der Waals surface area contributed by atoms with Crippen LogP contribution in [0, 0.1) is 0 Å². The van der Waals surface area contributed by atoms with Crippen LogP contribution in [0.3, 0.4) is 0 Å². The number of ether oxygens (including phenoxy) is 2. The predicted octanol–water partition coefficient (Wildman–Crippen LogP) is 11.0. The molecule has 0 aliphatic carbocycles. The van der Waals surface area contributed by atoms with E-state index in [1.54, 1.807) is 0 Å². The molecule has 2 unspecified atom stereocenters. The van der Waals surface area contributed by atoms with Crippen LogP contribution >= 0.6 is 7.82 Å². The number of phosphoric ester groups is 1. The van der Waals surface area contributed by atoms with Crippen LogP contribution in [0.15, 0.2) is 12.2 Å². The van der Waals surface area contributed by atoms with Crippen molar-refractivity contribution in [2.24, 2.45) is 0 Å². The smallest absolute Gasteiger partial charge is 0.462 e. The molecular weight excluding hydrogens is 653 g/mol. The van der Waals surface area contributed by atoms with Gasteiger partial charge in [0.25, 0.3) is 0 Å². The molecule has 0 bridgehead atoms. The van der Waals surface area contributed by atoms with Crippen molar-refractivity contribution in [3.63, 3.8) is 0 Å². The summed E-state index contributed by atoms with van der Waals surface area (Å²) in [5.74, 6) is -0.803. The Balaban J connectivity index is 4.40. The van der Waals surface area contributed by atoms with Crippen molar-refractivity contribution in [1.82, 2.24) is 0 Å². The number of hydrogen-bond donors (Lipinski definition) is 1. The molecule has 0 saturated heterocycles.